The molecule has 3 aliphatic heterocycles. The number of fused-ring (bicyclic) bond motifs is 3. The summed E-state index contributed by atoms with van der Waals surface area (Å²) in [4.78, 5) is 17.5. The summed E-state index contributed by atoms with van der Waals surface area (Å²) in [6.07, 6.45) is -6.74. The lowest BCUT2D eigenvalue weighted by Crippen LogP contribution is -2.58. The number of aliphatic hydroxyl groups is 3. The number of esters is 1. The van der Waals surface area contributed by atoms with Crippen molar-refractivity contribution >= 4 is 5.97 Å². The first-order valence-corrected chi connectivity index (χ1v) is 12.9. The summed E-state index contributed by atoms with van der Waals surface area (Å²) in [5.74, 6) is -1.20. The van der Waals surface area contributed by atoms with Crippen LogP contribution in [0.1, 0.15) is 27.6 Å². The average molecular weight is 547 g/mol. The van der Waals surface area contributed by atoms with E-state index in [0.717, 1.165) is 25.4 Å². The lowest BCUT2D eigenvalue weighted by Gasteiger charge is -2.45. The first-order chi connectivity index (χ1) is 18.8. The zero-order valence-electron chi connectivity index (χ0n) is 21.6. The number of hydrogen-bond donors (Lipinski definition) is 5. The monoisotopic (exact) mass is 546 g/mol. The summed E-state index contributed by atoms with van der Waals surface area (Å²) in [6, 6.07) is 9.61. The predicted molar refractivity (Wildman–Crippen MR) is 136 cm³/mol. The Balaban J connectivity index is 1.34. The molecule has 5 N–H and O–H groups in total. The van der Waals surface area contributed by atoms with E-state index in [1.165, 1.54) is 7.11 Å². The van der Waals surface area contributed by atoms with Crippen molar-refractivity contribution in [3.8, 4) is 23.0 Å². The second-order valence-electron chi connectivity index (χ2n) is 9.91. The summed E-state index contributed by atoms with van der Waals surface area (Å²) >= 11 is 0. The molecule has 0 unspecified atom stereocenters. The topological polar surface area (TPSA) is 162 Å². The number of phenols is 2. The quantitative estimate of drug-likeness (QED) is 0.282. The predicted octanol–water partition coefficient (Wildman–Crippen LogP) is -0.00400. The maximum absolute atomic E-state index is 13.2. The first-order valence-electron chi connectivity index (χ1n) is 12.9. The fraction of sp³-hybridized carbons (Fsp3) is 0.519. The zero-order chi connectivity index (χ0) is 27.7. The van der Waals surface area contributed by atoms with Gasteiger partial charge in [-0.1, -0.05) is 18.2 Å². The number of nitrogens with zero attached hydrogens (tertiary/aromatic N) is 2. The fourth-order valence-electron chi connectivity index (χ4n) is 5.47. The van der Waals surface area contributed by atoms with E-state index in [-0.39, 0.29) is 29.0 Å². The van der Waals surface area contributed by atoms with Gasteiger partial charge in [0.1, 0.15) is 36.8 Å². The van der Waals surface area contributed by atoms with E-state index < -0.39 is 54.6 Å². The molecule has 5 rings (SSSR count). The Morgan fingerprint density at radius 2 is 1.69 bits per heavy atom. The van der Waals surface area contributed by atoms with Crippen molar-refractivity contribution in [1.82, 2.24) is 9.80 Å². The SMILES string of the molecule is COc1c(O)c(CN2CCN(CCOc3ccccc3)CC2)c2c(c1O)[C@@H]1O[C@H](CO)[C@@H](O)[C@H](O)[C@H]1OC2=O. The Labute approximate surface area is 225 Å². The third-order valence-corrected chi connectivity index (χ3v) is 7.61. The van der Waals surface area contributed by atoms with Crippen LogP contribution in [-0.2, 0) is 16.0 Å². The minimum absolute atomic E-state index is 0.0120. The van der Waals surface area contributed by atoms with Crippen LogP contribution in [0.3, 0.4) is 0 Å². The van der Waals surface area contributed by atoms with E-state index in [0.29, 0.717) is 19.7 Å². The van der Waals surface area contributed by atoms with Gasteiger partial charge in [-0.3, -0.25) is 9.80 Å². The maximum atomic E-state index is 13.2. The lowest BCUT2D eigenvalue weighted by molar-refractivity contribution is -0.235. The van der Waals surface area contributed by atoms with Crippen LogP contribution in [-0.4, -0.2) is 119 Å². The number of benzene rings is 2. The first kappa shape index (κ1) is 27.4. The number of methoxy groups -OCH3 is 1. The summed E-state index contributed by atoms with van der Waals surface area (Å²) in [5, 5.41) is 52.5. The van der Waals surface area contributed by atoms with Crippen LogP contribution in [0.15, 0.2) is 30.3 Å². The molecule has 0 aliphatic carbocycles. The normalized spacial score (nSPS) is 27.4. The van der Waals surface area contributed by atoms with Crippen LogP contribution < -0.4 is 9.47 Å². The van der Waals surface area contributed by atoms with Gasteiger partial charge in [-0.2, -0.15) is 0 Å². The molecule has 3 aliphatic rings. The Morgan fingerprint density at radius 3 is 2.36 bits per heavy atom. The third kappa shape index (κ3) is 5.23. The number of aliphatic hydroxyl groups excluding tert-OH is 3. The molecule has 2 aromatic rings. The number of hydrogen-bond acceptors (Lipinski definition) is 12. The van der Waals surface area contributed by atoms with E-state index in [9.17, 15) is 30.3 Å². The van der Waals surface area contributed by atoms with Gasteiger partial charge in [0.05, 0.1) is 19.3 Å². The number of phenolic OH excluding ortho intramolecular Hbond substituents is 2. The van der Waals surface area contributed by atoms with Crippen molar-refractivity contribution in [1.29, 1.82) is 0 Å². The Hall–Kier alpha value is -3.13. The lowest BCUT2D eigenvalue weighted by atomic mass is 9.84. The number of carbonyl (C=O) groups is 1. The van der Waals surface area contributed by atoms with Gasteiger partial charge >= 0.3 is 5.97 Å². The Kier molecular flexibility index (Phi) is 8.12. The van der Waals surface area contributed by atoms with E-state index in [1.54, 1.807) is 0 Å². The second-order valence-corrected chi connectivity index (χ2v) is 9.91. The van der Waals surface area contributed by atoms with Gasteiger partial charge in [0.15, 0.2) is 17.6 Å². The van der Waals surface area contributed by atoms with Crippen molar-refractivity contribution in [3.63, 3.8) is 0 Å². The number of para-hydroxylation sites is 1. The Bertz CT molecular complexity index is 1170. The second kappa shape index (κ2) is 11.5. The molecule has 2 saturated heterocycles. The maximum Gasteiger partial charge on any atom is 0.339 e. The third-order valence-electron chi connectivity index (χ3n) is 7.61. The number of piperazine rings is 1. The van der Waals surface area contributed by atoms with Crippen LogP contribution in [0.4, 0.5) is 0 Å². The number of rotatable bonds is 8. The largest absolute Gasteiger partial charge is 0.504 e. The van der Waals surface area contributed by atoms with E-state index >= 15 is 0 Å². The van der Waals surface area contributed by atoms with Crippen molar-refractivity contribution in [2.24, 2.45) is 0 Å². The van der Waals surface area contributed by atoms with Gasteiger partial charge in [-0.25, -0.2) is 4.79 Å². The minimum Gasteiger partial charge on any atom is -0.504 e. The molecule has 212 valence electrons. The van der Waals surface area contributed by atoms with Crippen molar-refractivity contribution in [3.05, 3.63) is 47.0 Å². The smallest absolute Gasteiger partial charge is 0.339 e. The van der Waals surface area contributed by atoms with Gasteiger partial charge in [-0.05, 0) is 12.1 Å². The number of ether oxygens (including phenoxy) is 4. The van der Waals surface area contributed by atoms with Gasteiger partial charge in [0.25, 0.3) is 0 Å². The standard InChI is InChI=1S/C27H34N2O10/c1-36-25-20(31)16(13-29-9-7-28(8-10-29)11-12-37-15-5-3-2-4-6-15)18-19(22(25)33)24-26(39-27(18)35)23(34)21(32)17(14-30)38-24/h2-6,17,21,23-24,26,30-34H,7-14H2,1H3/t17-,21-,23+,24+,26-/m1/s1. The molecule has 12 heteroatoms. The van der Waals surface area contributed by atoms with Crippen LogP contribution >= 0.6 is 0 Å². The molecule has 0 saturated carbocycles. The molecular formula is C27H34N2O10. The van der Waals surface area contributed by atoms with Gasteiger partial charge in [-0.15, -0.1) is 0 Å². The molecule has 39 heavy (non-hydrogen) atoms. The summed E-state index contributed by atoms with van der Waals surface area (Å²) in [7, 11) is 1.27. The van der Waals surface area contributed by atoms with Crippen molar-refractivity contribution < 1.29 is 49.3 Å². The highest BCUT2D eigenvalue weighted by molar-refractivity contribution is 5.97. The zero-order valence-corrected chi connectivity index (χ0v) is 21.6. The van der Waals surface area contributed by atoms with Crippen molar-refractivity contribution in [2.45, 2.75) is 37.1 Å². The summed E-state index contributed by atoms with van der Waals surface area (Å²) in [6.45, 7) is 3.67. The highest BCUT2D eigenvalue weighted by Gasteiger charge is 2.53. The number of aromatic hydroxyl groups is 2. The highest BCUT2D eigenvalue weighted by Crippen LogP contribution is 2.52. The van der Waals surface area contributed by atoms with E-state index in [4.69, 9.17) is 18.9 Å². The molecule has 0 bridgehead atoms. The van der Waals surface area contributed by atoms with Gasteiger partial charge in [0, 0.05) is 50.4 Å². The molecule has 12 nitrogen and oxygen atoms in total. The molecule has 5 atom stereocenters. The molecule has 0 spiro atoms. The molecule has 0 amide bonds. The summed E-state index contributed by atoms with van der Waals surface area (Å²) < 4.78 is 22.3. The van der Waals surface area contributed by atoms with Gasteiger partial charge < -0.3 is 44.5 Å². The van der Waals surface area contributed by atoms with Crippen LogP contribution in [0.5, 0.6) is 23.0 Å². The van der Waals surface area contributed by atoms with Gasteiger partial charge in [0.2, 0.25) is 5.75 Å². The molecule has 0 radical (unpaired) electrons. The fourth-order valence-corrected chi connectivity index (χ4v) is 5.47. The van der Waals surface area contributed by atoms with Crippen molar-refractivity contribution in [2.75, 3.05) is 53.0 Å². The minimum atomic E-state index is -1.56. The van der Waals surface area contributed by atoms with E-state index in [1.807, 2.05) is 30.3 Å². The highest BCUT2D eigenvalue weighted by atomic mass is 16.6. The summed E-state index contributed by atoms with van der Waals surface area (Å²) in [5.41, 5.74) is 0.113. The molecular weight excluding hydrogens is 512 g/mol. The molecule has 0 aromatic heterocycles. The van der Waals surface area contributed by atoms with E-state index in [2.05, 4.69) is 9.80 Å². The molecule has 2 fully saturated rings. The Morgan fingerprint density at radius 1 is 1.00 bits per heavy atom. The van der Waals surface area contributed by atoms with Crippen LogP contribution in [0, 0.1) is 0 Å². The van der Waals surface area contributed by atoms with Crippen LogP contribution in [0.25, 0.3) is 0 Å². The molecule has 3 heterocycles. The number of carbonyl (C=O) groups excluding carboxylic acids is 1. The van der Waals surface area contributed by atoms with Crippen LogP contribution in [0.2, 0.25) is 0 Å². The molecule has 2 aromatic carbocycles. The average Bonchev–Trinajstić information content (AvgIpc) is 2.94.